The molecule has 1 aliphatic heterocycles. The van der Waals surface area contributed by atoms with E-state index >= 15 is 0 Å². The van der Waals surface area contributed by atoms with E-state index in [1.54, 1.807) is 4.90 Å². The standard InChI is InChI=1S/C17H23ClN2O4/c1-11-8-14(9-12(2)16(11)18)24-10-15(21)19-13-4-6-20(7-5-13)17(22)23-3/h8-9,13H,4-7,10H2,1-3H3,(H,19,21). The predicted octanol–water partition coefficient (Wildman–Crippen LogP) is 2.68. The lowest BCUT2D eigenvalue weighted by atomic mass is 10.1. The first-order chi connectivity index (χ1) is 11.4. The van der Waals surface area contributed by atoms with Gasteiger partial charge in [0.05, 0.1) is 7.11 Å². The van der Waals surface area contributed by atoms with Crippen LogP contribution in [0, 0.1) is 13.8 Å². The summed E-state index contributed by atoms with van der Waals surface area (Å²) in [4.78, 5) is 25.1. The molecule has 0 spiro atoms. The molecular weight excluding hydrogens is 332 g/mol. The summed E-state index contributed by atoms with van der Waals surface area (Å²) in [5.74, 6) is 0.460. The van der Waals surface area contributed by atoms with Crippen molar-refractivity contribution in [2.45, 2.75) is 32.7 Å². The zero-order chi connectivity index (χ0) is 17.7. The lowest BCUT2D eigenvalue weighted by Gasteiger charge is -2.31. The fourth-order valence-electron chi connectivity index (χ4n) is 2.74. The Morgan fingerprint density at radius 1 is 1.25 bits per heavy atom. The van der Waals surface area contributed by atoms with Crippen LogP contribution < -0.4 is 10.1 Å². The van der Waals surface area contributed by atoms with Crippen molar-refractivity contribution in [1.82, 2.24) is 10.2 Å². The highest BCUT2D eigenvalue weighted by Gasteiger charge is 2.24. The Morgan fingerprint density at radius 2 is 1.83 bits per heavy atom. The van der Waals surface area contributed by atoms with Gasteiger partial charge in [-0.25, -0.2) is 4.79 Å². The summed E-state index contributed by atoms with van der Waals surface area (Å²) in [6, 6.07) is 3.69. The summed E-state index contributed by atoms with van der Waals surface area (Å²) in [6.45, 7) is 4.91. The molecule has 1 fully saturated rings. The quantitative estimate of drug-likeness (QED) is 0.902. The third-order valence-electron chi connectivity index (χ3n) is 4.07. The number of ether oxygens (including phenoxy) is 2. The molecule has 1 aromatic rings. The van der Waals surface area contributed by atoms with Crippen LogP contribution in [0.15, 0.2) is 12.1 Å². The number of halogens is 1. The molecule has 1 aromatic carbocycles. The van der Waals surface area contributed by atoms with Gasteiger partial charge in [-0.15, -0.1) is 0 Å². The summed E-state index contributed by atoms with van der Waals surface area (Å²) in [5.41, 5.74) is 1.84. The third-order valence-corrected chi connectivity index (χ3v) is 4.67. The van der Waals surface area contributed by atoms with Gasteiger partial charge >= 0.3 is 6.09 Å². The van der Waals surface area contributed by atoms with Crippen LogP contribution >= 0.6 is 11.6 Å². The molecule has 0 bridgehead atoms. The number of nitrogens with zero attached hydrogens (tertiary/aromatic N) is 1. The molecule has 0 aliphatic carbocycles. The van der Waals surface area contributed by atoms with E-state index in [-0.39, 0.29) is 24.6 Å². The highest BCUT2D eigenvalue weighted by molar-refractivity contribution is 6.32. The molecule has 0 unspecified atom stereocenters. The smallest absolute Gasteiger partial charge is 0.409 e. The van der Waals surface area contributed by atoms with E-state index in [1.165, 1.54) is 7.11 Å². The Morgan fingerprint density at radius 3 is 2.38 bits per heavy atom. The van der Waals surface area contributed by atoms with Gasteiger partial charge in [-0.05, 0) is 49.9 Å². The predicted molar refractivity (Wildman–Crippen MR) is 91.6 cm³/mol. The monoisotopic (exact) mass is 354 g/mol. The maximum absolute atomic E-state index is 12.0. The number of methoxy groups -OCH3 is 1. The van der Waals surface area contributed by atoms with Crippen LogP contribution in [0.4, 0.5) is 4.79 Å². The molecule has 1 N–H and O–H groups in total. The minimum atomic E-state index is -0.323. The van der Waals surface area contributed by atoms with Crippen LogP contribution in [0.2, 0.25) is 5.02 Å². The zero-order valence-corrected chi connectivity index (χ0v) is 15.0. The number of aryl methyl sites for hydroxylation is 2. The van der Waals surface area contributed by atoms with Crippen molar-refractivity contribution in [1.29, 1.82) is 0 Å². The number of hydrogen-bond donors (Lipinski definition) is 1. The molecule has 6 nitrogen and oxygen atoms in total. The molecule has 2 rings (SSSR count). The SMILES string of the molecule is COC(=O)N1CCC(NC(=O)COc2cc(C)c(Cl)c(C)c2)CC1. The first kappa shape index (κ1) is 18.4. The molecule has 1 saturated heterocycles. The fourth-order valence-corrected chi connectivity index (χ4v) is 2.85. The number of amides is 2. The molecule has 2 amide bonds. The van der Waals surface area contributed by atoms with E-state index in [1.807, 2.05) is 26.0 Å². The summed E-state index contributed by atoms with van der Waals surface area (Å²) in [5, 5.41) is 3.65. The maximum Gasteiger partial charge on any atom is 0.409 e. The van der Waals surface area contributed by atoms with Crippen molar-refractivity contribution in [2.75, 3.05) is 26.8 Å². The van der Waals surface area contributed by atoms with Crippen molar-refractivity contribution in [3.63, 3.8) is 0 Å². The largest absolute Gasteiger partial charge is 0.484 e. The van der Waals surface area contributed by atoms with Gasteiger partial charge in [0.15, 0.2) is 6.61 Å². The van der Waals surface area contributed by atoms with E-state index in [9.17, 15) is 9.59 Å². The second kappa shape index (κ2) is 8.24. The molecule has 24 heavy (non-hydrogen) atoms. The lowest BCUT2D eigenvalue weighted by Crippen LogP contribution is -2.47. The summed E-state index contributed by atoms with van der Waals surface area (Å²) in [7, 11) is 1.37. The van der Waals surface area contributed by atoms with Gasteiger partial charge in [-0.3, -0.25) is 4.79 Å². The summed E-state index contributed by atoms with van der Waals surface area (Å²) in [6.07, 6.45) is 1.09. The van der Waals surface area contributed by atoms with E-state index < -0.39 is 0 Å². The number of nitrogens with one attached hydrogen (secondary N) is 1. The van der Waals surface area contributed by atoms with Crippen LogP contribution in [-0.4, -0.2) is 49.7 Å². The number of hydrogen-bond acceptors (Lipinski definition) is 4. The molecule has 0 saturated carbocycles. The molecule has 1 aliphatic rings. The van der Waals surface area contributed by atoms with Gasteiger partial charge in [-0.1, -0.05) is 11.6 Å². The van der Waals surface area contributed by atoms with Gasteiger partial charge in [0.1, 0.15) is 5.75 Å². The van der Waals surface area contributed by atoms with E-state index in [2.05, 4.69) is 5.32 Å². The number of carbonyl (C=O) groups is 2. The Hall–Kier alpha value is -1.95. The molecule has 0 radical (unpaired) electrons. The lowest BCUT2D eigenvalue weighted by molar-refractivity contribution is -0.124. The molecule has 132 valence electrons. The van der Waals surface area contributed by atoms with Crippen molar-refractivity contribution < 1.29 is 19.1 Å². The van der Waals surface area contributed by atoms with Crippen molar-refractivity contribution in [3.8, 4) is 5.75 Å². The first-order valence-corrected chi connectivity index (χ1v) is 8.30. The topological polar surface area (TPSA) is 67.9 Å². The van der Waals surface area contributed by atoms with Crippen LogP contribution in [0.5, 0.6) is 5.75 Å². The van der Waals surface area contributed by atoms with Crippen LogP contribution in [0.1, 0.15) is 24.0 Å². The Kier molecular flexibility index (Phi) is 6.31. The fraction of sp³-hybridized carbons (Fsp3) is 0.529. The van der Waals surface area contributed by atoms with Gasteiger partial charge in [0.25, 0.3) is 5.91 Å². The van der Waals surface area contributed by atoms with E-state index in [0.29, 0.717) is 36.7 Å². The van der Waals surface area contributed by atoms with Crippen molar-refractivity contribution >= 4 is 23.6 Å². The number of piperidine rings is 1. The van der Waals surface area contributed by atoms with Crippen molar-refractivity contribution in [3.05, 3.63) is 28.3 Å². The van der Waals surface area contributed by atoms with Gasteiger partial charge in [0, 0.05) is 24.2 Å². The normalized spacial score (nSPS) is 15.1. The maximum atomic E-state index is 12.0. The Balaban J connectivity index is 1.77. The summed E-state index contributed by atoms with van der Waals surface area (Å²) < 4.78 is 10.2. The minimum absolute atomic E-state index is 0.0439. The molecule has 7 heteroatoms. The van der Waals surface area contributed by atoms with Gasteiger partial charge < -0.3 is 19.7 Å². The van der Waals surface area contributed by atoms with Crippen molar-refractivity contribution in [2.24, 2.45) is 0 Å². The minimum Gasteiger partial charge on any atom is -0.484 e. The Labute approximate surface area is 147 Å². The second-order valence-electron chi connectivity index (χ2n) is 5.96. The highest BCUT2D eigenvalue weighted by Crippen LogP contribution is 2.25. The number of carbonyl (C=O) groups excluding carboxylic acids is 2. The average Bonchev–Trinajstić information content (AvgIpc) is 2.57. The van der Waals surface area contributed by atoms with Crippen LogP contribution in [0.3, 0.4) is 0 Å². The molecule has 0 atom stereocenters. The molecule has 0 aromatic heterocycles. The zero-order valence-electron chi connectivity index (χ0n) is 14.2. The number of benzene rings is 1. The Bertz CT molecular complexity index is 590. The first-order valence-electron chi connectivity index (χ1n) is 7.92. The van der Waals surface area contributed by atoms with Crippen LogP contribution in [-0.2, 0) is 9.53 Å². The number of rotatable bonds is 4. The molecule has 1 heterocycles. The van der Waals surface area contributed by atoms with Gasteiger partial charge in [0.2, 0.25) is 0 Å². The highest BCUT2D eigenvalue weighted by atomic mass is 35.5. The van der Waals surface area contributed by atoms with E-state index in [0.717, 1.165) is 11.1 Å². The van der Waals surface area contributed by atoms with Gasteiger partial charge in [-0.2, -0.15) is 0 Å². The number of likely N-dealkylation sites (tertiary alicyclic amines) is 1. The van der Waals surface area contributed by atoms with E-state index in [4.69, 9.17) is 21.1 Å². The third kappa shape index (κ3) is 4.77. The average molecular weight is 355 g/mol. The summed E-state index contributed by atoms with van der Waals surface area (Å²) >= 11 is 6.11. The molecular formula is C17H23ClN2O4. The second-order valence-corrected chi connectivity index (χ2v) is 6.34. The van der Waals surface area contributed by atoms with Crippen LogP contribution in [0.25, 0.3) is 0 Å².